The fourth-order valence-electron chi connectivity index (χ4n) is 5.00. The summed E-state index contributed by atoms with van der Waals surface area (Å²) in [5, 5.41) is 13.3. The molecule has 6 heteroatoms. The van der Waals surface area contributed by atoms with Gasteiger partial charge in [-0.3, -0.25) is 15.0 Å². The molecule has 2 N–H and O–H groups in total. The summed E-state index contributed by atoms with van der Waals surface area (Å²) in [6, 6.07) is 29.8. The second-order valence-corrected chi connectivity index (χ2v) is 9.60. The smallest absolute Gasteiger partial charge is 0.352 e. The Morgan fingerprint density at radius 2 is 1.41 bits per heavy atom. The molecule has 5 rings (SSSR count). The van der Waals surface area contributed by atoms with Gasteiger partial charge >= 0.3 is 5.97 Å². The second kappa shape index (κ2) is 9.12. The SMILES string of the molecule is CCC1=C(C(=O)O)N2C(=O)[C@H](NC(c3ccccc3)(c3ccccc3)c3ccccc3)[C@H]2SC1. The zero-order chi connectivity index (χ0) is 23.7. The van der Waals surface area contributed by atoms with E-state index in [1.807, 2.05) is 61.5 Å². The van der Waals surface area contributed by atoms with Crippen molar-refractivity contribution in [2.45, 2.75) is 30.3 Å². The van der Waals surface area contributed by atoms with Crippen LogP contribution >= 0.6 is 11.8 Å². The number of thioether (sulfide) groups is 1. The van der Waals surface area contributed by atoms with Gasteiger partial charge in [0.25, 0.3) is 0 Å². The third-order valence-electron chi connectivity index (χ3n) is 6.67. The van der Waals surface area contributed by atoms with Crippen molar-refractivity contribution in [1.29, 1.82) is 0 Å². The van der Waals surface area contributed by atoms with E-state index in [-0.39, 0.29) is 17.0 Å². The molecular weight excluding hydrogens is 444 g/mol. The van der Waals surface area contributed by atoms with Crippen LogP contribution in [0.2, 0.25) is 0 Å². The molecule has 5 nitrogen and oxygen atoms in total. The van der Waals surface area contributed by atoms with Gasteiger partial charge < -0.3 is 5.11 Å². The zero-order valence-electron chi connectivity index (χ0n) is 18.8. The summed E-state index contributed by atoms with van der Waals surface area (Å²) in [5.74, 6) is -0.623. The summed E-state index contributed by atoms with van der Waals surface area (Å²) in [7, 11) is 0. The number of β-lactam (4-membered cyclic amide) rings is 1. The zero-order valence-corrected chi connectivity index (χ0v) is 19.7. The first-order chi connectivity index (χ1) is 16.6. The molecule has 0 unspecified atom stereocenters. The maximum atomic E-state index is 13.5. The van der Waals surface area contributed by atoms with Gasteiger partial charge in [0.05, 0.1) is 5.54 Å². The number of nitrogens with one attached hydrogen (secondary N) is 1. The predicted molar refractivity (Wildman–Crippen MR) is 134 cm³/mol. The van der Waals surface area contributed by atoms with Gasteiger partial charge in [-0.1, -0.05) is 97.9 Å². The van der Waals surface area contributed by atoms with E-state index in [1.54, 1.807) is 11.8 Å². The molecule has 1 amide bonds. The van der Waals surface area contributed by atoms with Gasteiger partial charge in [-0.05, 0) is 28.7 Å². The standard InChI is InChI=1S/C28H26N2O3S/c1-2-19-18-34-26-23(25(31)30(26)24(19)27(32)33)29-28(20-12-6-3-7-13-20,21-14-8-4-9-15-21)22-16-10-5-11-17-22/h3-17,23,26,29H,2,18H2,1H3,(H,32,33)/t23-,26+/m0/s1. The molecule has 1 fully saturated rings. The minimum Gasteiger partial charge on any atom is -0.477 e. The van der Waals surface area contributed by atoms with Crippen LogP contribution in [0.15, 0.2) is 102 Å². The van der Waals surface area contributed by atoms with Gasteiger partial charge in [-0.25, -0.2) is 4.79 Å². The second-order valence-electron chi connectivity index (χ2n) is 8.49. The lowest BCUT2D eigenvalue weighted by Gasteiger charge is -2.53. The molecule has 0 saturated carbocycles. The number of nitrogens with zero attached hydrogens (tertiary/aromatic N) is 1. The number of carbonyl (C=O) groups excluding carboxylic acids is 1. The van der Waals surface area contributed by atoms with Crippen molar-refractivity contribution in [3.8, 4) is 0 Å². The molecule has 3 aromatic carbocycles. The quantitative estimate of drug-likeness (QED) is 0.390. The van der Waals surface area contributed by atoms with Crippen molar-refractivity contribution in [2.75, 3.05) is 5.75 Å². The fourth-order valence-corrected chi connectivity index (χ4v) is 6.45. The average Bonchev–Trinajstić information content (AvgIpc) is 2.90. The number of carboxylic acids is 1. The molecule has 0 aliphatic carbocycles. The van der Waals surface area contributed by atoms with E-state index in [1.165, 1.54) is 4.90 Å². The summed E-state index contributed by atoms with van der Waals surface area (Å²) in [4.78, 5) is 27.0. The maximum Gasteiger partial charge on any atom is 0.352 e. The Kier molecular flexibility index (Phi) is 6.02. The minimum atomic E-state index is -1.03. The Labute approximate surface area is 203 Å². The van der Waals surface area contributed by atoms with Crippen molar-refractivity contribution < 1.29 is 14.7 Å². The number of carbonyl (C=O) groups is 2. The molecule has 3 aromatic rings. The molecule has 0 bridgehead atoms. The molecule has 172 valence electrons. The van der Waals surface area contributed by atoms with Gasteiger partial charge in [-0.15, -0.1) is 11.8 Å². The number of hydrogen-bond acceptors (Lipinski definition) is 4. The molecular formula is C28H26N2O3S. The van der Waals surface area contributed by atoms with Crippen LogP contribution in [0.25, 0.3) is 0 Å². The van der Waals surface area contributed by atoms with E-state index in [0.29, 0.717) is 12.2 Å². The number of rotatable bonds is 7. The summed E-state index contributed by atoms with van der Waals surface area (Å²) in [6.45, 7) is 1.93. The number of aliphatic carboxylic acids is 1. The summed E-state index contributed by atoms with van der Waals surface area (Å²) >= 11 is 1.63. The van der Waals surface area contributed by atoms with E-state index in [0.717, 1.165) is 22.3 Å². The van der Waals surface area contributed by atoms with Gasteiger partial charge in [0.2, 0.25) is 5.91 Å². The Bertz CT molecular complexity index is 1130. The molecule has 2 heterocycles. The molecule has 0 spiro atoms. The van der Waals surface area contributed by atoms with Gasteiger partial charge in [-0.2, -0.15) is 0 Å². The van der Waals surface area contributed by atoms with Crippen LogP contribution in [-0.4, -0.2) is 39.1 Å². The van der Waals surface area contributed by atoms with Crippen LogP contribution in [0.1, 0.15) is 30.0 Å². The van der Waals surface area contributed by atoms with Crippen LogP contribution in [0.4, 0.5) is 0 Å². The van der Waals surface area contributed by atoms with Crippen LogP contribution in [0.3, 0.4) is 0 Å². The topological polar surface area (TPSA) is 69.6 Å². The molecule has 2 atom stereocenters. The molecule has 0 radical (unpaired) electrons. The Balaban J connectivity index is 1.63. The van der Waals surface area contributed by atoms with E-state index in [2.05, 4.69) is 41.7 Å². The average molecular weight is 471 g/mol. The Morgan fingerprint density at radius 3 is 1.82 bits per heavy atom. The van der Waals surface area contributed by atoms with Gasteiger partial charge in [0.15, 0.2) is 0 Å². The Morgan fingerprint density at radius 1 is 0.941 bits per heavy atom. The minimum absolute atomic E-state index is 0.152. The third kappa shape index (κ3) is 3.54. The van der Waals surface area contributed by atoms with Crippen molar-refractivity contribution in [3.05, 3.63) is 119 Å². The highest BCUT2D eigenvalue weighted by Gasteiger charge is 2.56. The first kappa shape index (κ1) is 22.4. The highest BCUT2D eigenvalue weighted by atomic mass is 32.2. The van der Waals surface area contributed by atoms with Gasteiger partial charge in [0.1, 0.15) is 17.1 Å². The summed E-state index contributed by atoms with van der Waals surface area (Å²) < 4.78 is 0. The first-order valence-electron chi connectivity index (χ1n) is 11.4. The number of amides is 1. The number of hydrogen-bond donors (Lipinski definition) is 2. The Hall–Kier alpha value is -3.35. The van der Waals surface area contributed by atoms with Crippen LogP contribution in [0, 0.1) is 0 Å². The lowest BCUT2D eigenvalue weighted by atomic mass is 9.76. The van der Waals surface area contributed by atoms with E-state index >= 15 is 0 Å². The molecule has 0 aromatic heterocycles. The number of fused-ring (bicyclic) bond motifs is 1. The highest BCUT2D eigenvalue weighted by Crippen LogP contribution is 2.45. The normalized spacial score (nSPS) is 20.0. The largest absolute Gasteiger partial charge is 0.477 e. The predicted octanol–water partition coefficient (Wildman–Crippen LogP) is 4.60. The van der Waals surface area contributed by atoms with E-state index < -0.39 is 17.6 Å². The van der Waals surface area contributed by atoms with Crippen molar-refractivity contribution in [3.63, 3.8) is 0 Å². The highest BCUT2D eigenvalue weighted by molar-refractivity contribution is 8.00. The monoisotopic (exact) mass is 470 g/mol. The lowest BCUT2D eigenvalue weighted by Crippen LogP contribution is -2.72. The van der Waals surface area contributed by atoms with Gasteiger partial charge in [0, 0.05) is 5.75 Å². The summed E-state index contributed by atoms with van der Waals surface area (Å²) in [6.07, 6.45) is 0.616. The fraction of sp³-hybridized carbons (Fsp3) is 0.214. The van der Waals surface area contributed by atoms with Crippen LogP contribution in [0.5, 0.6) is 0 Å². The number of carboxylic acid groups (broad SMARTS) is 1. The maximum absolute atomic E-state index is 13.5. The summed E-state index contributed by atoms with van der Waals surface area (Å²) in [5.41, 5.74) is 3.22. The first-order valence-corrected chi connectivity index (χ1v) is 12.5. The molecule has 1 saturated heterocycles. The van der Waals surface area contributed by atoms with Crippen molar-refractivity contribution in [1.82, 2.24) is 10.2 Å². The lowest BCUT2D eigenvalue weighted by molar-refractivity contribution is -0.149. The van der Waals surface area contributed by atoms with Crippen molar-refractivity contribution >= 4 is 23.6 Å². The molecule has 2 aliphatic rings. The van der Waals surface area contributed by atoms with Crippen LogP contribution < -0.4 is 5.32 Å². The van der Waals surface area contributed by atoms with Crippen molar-refractivity contribution in [2.24, 2.45) is 0 Å². The third-order valence-corrected chi connectivity index (χ3v) is 8.01. The van der Waals surface area contributed by atoms with Crippen LogP contribution in [-0.2, 0) is 15.1 Å². The molecule has 2 aliphatic heterocycles. The van der Waals surface area contributed by atoms with E-state index in [4.69, 9.17) is 0 Å². The number of benzene rings is 3. The molecule has 34 heavy (non-hydrogen) atoms. The van der Waals surface area contributed by atoms with E-state index in [9.17, 15) is 14.7 Å².